The minimum absolute atomic E-state index is 0.0103. The third-order valence-corrected chi connectivity index (χ3v) is 4.50. The molecule has 0 heterocycles. The van der Waals surface area contributed by atoms with Gasteiger partial charge in [0, 0.05) is 19.0 Å². The number of hydrogen-bond acceptors (Lipinski definition) is 3. The van der Waals surface area contributed by atoms with Gasteiger partial charge < -0.3 is 4.90 Å². The highest BCUT2D eigenvalue weighted by Crippen LogP contribution is 2.31. The second-order valence-corrected chi connectivity index (χ2v) is 5.85. The van der Waals surface area contributed by atoms with Gasteiger partial charge in [-0.1, -0.05) is 0 Å². The Morgan fingerprint density at radius 3 is 2.25 bits per heavy atom. The van der Waals surface area contributed by atoms with E-state index in [1.807, 2.05) is 13.8 Å². The van der Waals surface area contributed by atoms with Crippen molar-refractivity contribution in [2.24, 2.45) is 5.92 Å². The summed E-state index contributed by atoms with van der Waals surface area (Å²) >= 11 is 0. The highest BCUT2D eigenvalue weighted by atomic mass is 32.2. The van der Waals surface area contributed by atoms with Crippen LogP contribution in [-0.4, -0.2) is 42.1 Å². The zero-order valence-corrected chi connectivity index (χ0v) is 10.5. The molecule has 6 heteroatoms. The van der Waals surface area contributed by atoms with Crippen molar-refractivity contribution in [2.45, 2.75) is 38.4 Å². The first-order valence-electron chi connectivity index (χ1n) is 5.65. The summed E-state index contributed by atoms with van der Waals surface area (Å²) in [6.45, 7) is 5.08. The fourth-order valence-corrected chi connectivity index (χ4v) is 3.14. The third-order valence-electron chi connectivity index (χ3n) is 3.23. The molecule has 0 unspecified atom stereocenters. The Kier molecular flexibility index (Phi) is 4.32. The first-order chi connectivity index (χ1) is 7.40. The fraction of sp³-hybridized carbons (Fsp3) is 0.900. The van der Waals surface area contributed by atoms with E-state index in [1.54, 1.807) is 4.90 Å². The molecular formula is C10H19NO4S. The third kappa shape index (κ3) is 2.95. The smallest absolute Gasteiger partial charge is 0.267 e. The van der Waals surface area contributed by atoms with E-state index in [1.165, 1.54) is 0 Å². The summed E-state index contributed by atoms with van der Waals surface area (Å²) in [7, 11) is -3.98. The molecule has 0 bridgehead atoms. The van der Waals surface area contributed by atoms with Gasteiger partial charge in [-0.3, -0.25) is 9.35 Å². The topological polar surface area (TPSA) is 74.7 Å². The molecule has 1 fully saturated rings. The molecule has 1 rings (SSSR count). The zero-order valence-electron chi connectivity index (χ0n) is 9.72. The summed E-state index contributed by atoms with van der Waals surface area (Å²) in [4.78, 5) is 13.6. The standard InChI is InChI=1S/C10H19NO4S/c1-3-11(4-2)10(12)8-5-6-9(7-8)16(13,14)15/h8-9H,3-7H2,1-2H3,(H,13,14,15)/t8-,9+/m0/s1. The summed E-state index contributed by atoms with van der Waals surface area (Å²) in [6, 6.07) is 0. The Labute approximate surface area is 96.6 Å². The van der Waals surface area contributed by atoms with Gasteiger partial charge in [0.2, 0.25) is 5.91 Å². The molecule has 16 heavy (non-hydrogen) atoms. The van der Waals surface area contributed by atoms with Crippen molar-refractivity contribution in [2.75, 3.05) is 13.1 Å². The summed E-state index contributed by atoms with van der Waals surface area (Å²) < 4.78 is 30.8. The van der Waals surface area contributed by atoms with E-state index >= 15 is 0 Å². The molecule has 0 radical (unpaired) electrons. The molecule has 0 aliphatic heterocycles. The van der Waals surface area contributed by atoms with Crippen LogP contribution in [0, 0.1) is 5.92 Å². The number of nitrogens with zero attached hydrogens (tertiary/aromatic N) is 1. The largest absolute Gasteiger partial charge is 0.343 e. The lowest BCUT2D eigenvalue weighted by Gasteiger charge is -2.22. The molecule has 2 atom stereocenters. The number of amides is 1. The van der Waals surface area contributed by atoms with E-state index in [-0.39, 0.29) is 18.2 Å². The van der Waals surface area contributed by atoms with Crippen LogP contribution in [0.4, 0.5) is 0 Å². The number of carbonyl (C=O) groups excluding carboxylic acids is 1. The molecule has 0 aromatic carbocycles. The summed E-state index contributed by atoms with van der Waals surface area (Å²) in [5, 5.41) is -0.753. The van der Waals surface area contributed by atoms with E-state index in [4.69, 9.17) is 4.55 Å². The van der Waals surface area contributed by atoms with Crippen molar-refractivity contribution in [1.82, 2.24) is 4.90 Å². The quantitative estimate of drug-likeness (QED) is 0.751. The summed E-state index contributed by atoms with van der Waals surface area (Å²) in [5.41, 5.74) is 0. The highest BCUT2D eigenvalue weighted by Gasteiger charge is 2.37. The molecule has 0 aromatic heterocycles. The second-order valence-electron chi connectivity index (χ2n) is 4.16. The van der Waals surface area contributed by atoms with Crippen molar-refractivity contribution in [3.05, 3.63) is 0 Å². The van der Waals surface area contributed by atoms with Gasteiger partial charge in [0.15, 0.2) is 0 Å². The number of rotatable bonds is 4. The van der Waals surface area contributed by atoms with Crippen molar-refractivity contribution in [3.63, 3.8) is 0 Å². The van der Waals surface area contributed by atoms with Gasteiger partial charge in [-0.05, 0) is 33.1 Å². The maximum atomic E-state index is 11.9. The average Bonchev–Trinajstić information content (AvgIpc) is 2.67. The number of carbonyl (C=O) groups is 1. The molecule has 1 saturated carbocycles. The Bertz CT molecular complexity index is 348. The predicted octanol–water partition coefficient (Wildman–Crippen LogP) is 0.911. The highest BCUT2D eigenvalue weighted by molar-refractivity contribution is 7.86. The van der Waals surface area contributed by atoms with Crippen LogP contribution < -0.4 is 0 Å². The normalized spacial score (nSPS) is 25.7. The van der Waals surface area contributed by atoms with E-state index in [9.17, 15) is 13.2 Å². The van der Waals surface area contributed by atoms with Crippen LogP contribution in [0.5, 0.6) is 0 Å². The first-order valence-corrected chi connectivity index (χ1v) is 7.15. The molecule has 0 spiro atoms. The molecule has 1 aliphatic carbocycles. The van der Waals surface area contributed by atoms with Gasteiger partial charge in [0.1, 0.15) is 0 Å². The lowest BCUT2D eigenvalue weighted by molar-refractivity contribution is -0.134. The molecular weight excluding hydrogens is 230 g/mol. The van der Waals surface area contributed by atoms with Gasteiger partial charge in [0.25, 0.3) is 10.1 Å². The van der Waals surface area contributed by atoms with Gasteiger partial charge in [0.05, 0.1) is 5.25 Å². The molecule has 0 saturated heterocycles. The van der Waals surface area contributed by atoms with Crippen LogP contribution in [0.2, 0.25) is 0 Å². The van der Waals surface area contributed by atoms with Crippen LogP contribution in [0.15, 0.2) is 0 Å². The van der Waals surface area contributed by atoms with E-state index < -0.39 is 15.4 Å². The van der Waals surface area contributed by atoms with E-state index in [0.29, 0.717) is 25.9 Å². The second kappa shape index (κ2) is 5.14. The first kappa shape index (κ1) is 13.4. The molecule has 1 amide bonds. The van der Waals surface area contributed by atoms with Crippen LogP contribution >= 0.6 is 0 Å². The monoisotopic (exact) mass is 249 g/mol. The van der Waals surface area contributed by atoms with E-state index in [0.717, 1.165) is 0 Å². The van der Waals surface area contributed by atoms with Crippen LogP contribution in [0.1, 0.15) is 33.1 Å². The number of hydrogen-bond donors (Lipinski definition) is 1. The van der Waals surface area contributed by atoms with Gasteiger partial charge >= 0.3 is 0 Å². The summed E-state index contributed by atoms with van der Waals surface area (Å²) in [6.07, 6.45) is 1.20. The molecule has 94 valence electrons. The Morgan fingerprint density at radius 1 is 1.31 bits per heavy atom. The van der Waals surface area contributed by atoms with Crippen molar-refractivity contribution >= 4 is 16.0 Å². The molecule has 1 aliphatic rings. The molecule has 1 N–H and O–H groups in total. The SMILES string of the molecule is CCN(CC)C(=O)[C@H]1CC[C@@H](S(=O)(=O)O)C1. The van der Waals surface area contributed by atoms with Crippen LogP contribution in [0.3, 0.4) is 0 Å². The Balaban J connectivity index is 2.63. The van der Waals surface area contributed by atoms with Crippen molar-refractivity contribution in [1.29, 1.82) is 0 Å². The molecule has 0 aromatic rings. The maximum Gasteiger partial charge on any atom is 0.267 e. The summed E-state index contributed by atoms with van der Waals surface area (Å²) in [5.74, 6) is -0.233. The minimum atomic E-state index is -3.98. The van der Waals surface area contributed by atoms with Crippen LogP contribution in [-0.2, 0) is 14.9 Å². The maximum absolute atomic E-state index is 11.9. The zero-order chi connectivity index (χ0) is 12.3. The van der Waals surface area contributed by atoms with Gasteiger partial charge in [-0.15, -0.1) is 0 Å². The minimum Gasteiger partial charge on any atom is -0.343 e. The van der Waals surface area contributed by atoms with Gasteiger partial charge in [-0.2, -0.15) is 8.42 Å². The fourth-order valence-electron chi connectivity index (χ4n) is 2.23. The lowest BCUT2D eigenvalue weighted by Crippen LogP contribution is -2.35. The Hall–Kier alpha value is -0.620. The lowest BCUT2D eigenvalue weighted by atomic mass is 10.1. The van der Waals surface area contributed by atoms with Crippen molar-refractivity contribution < 1.29 is 17.8 Å². The predicted molar refractivity (Wildman–Crippen MR) is 60.6 cm³/mol. The molecule has 5 nitrogen and oxygen atoms in total. The van der Waals surface area contributed by atoms with Gasteiger partial charge in [-0.25, -0.2) is 0 Å². The van der Waals surface area contributed by atoms with Crippen LogP contribution in [0.25, 0.3) is 0 Å². The van der Waals surface area contributed by atoms with Crippen molar-refractivity contribution in [3.8, 4) is 0 Å². The van der Waals surface area contributed by atoms with E-state index in [2.05, 4.69) is 0 Å². The Morgan fingerprint density at radius 2 is 1.88 bits per heavy atom. The average molecular weight is 249 g/mol.